The lowest BCUT2D eigenvalue weighted by Gasteiger charge is -2.21. The van der Waals surface area contributed by atoms with Crippen molar-refractivity contribution in [3.05, 3.63) is 29.8 Å². The first kappa shape index (κ1) is 11.8. The highest BCUT2D eigenvalue weighted by Gasteiger charge is 2.25. The largest absolute Gasteiger partial charge is 0.370 e. The topological polar surface area (TPSA) is 53.6 Å². The monoisotopic (exact) mass is 232 g/mol. The summed E-state index contributed by atoms with van der Waals surface area (Å²) in [6.07, 6.45) is 1.05. The predicted molar refractivity (Wildman–Crippen MR) is 72.5 cm³/mol. The minimum Gasteiger partial charge on any atom is -0.370 e. The van der Waals surface area contributed by atoms with E-state index in [1.54, 1.807) is 0 Å². The van der Waals surface area contributed by atoms with Crippen molar-refractivity contribution in [2.24, 2.45) is 10.7 Å². The first-order valence-electron chi connectivity index (χ1n) is 6.07. The number of likely N-dealkylation sites (N-methyl/N-ethyl adjacent to an activating group) is 1. The fourth-order valence-corrected chi connectivity index (χ4v) is 2.24. The standard InChI is InChI=1S/C13H20N4/c1-3-15-13(14)16-9-11-8-10-6-4-5-7-12(10)17(11)2/h4-7,11H,3,8-9H2,1-2H3,(H3,14,15,16). The average Bonchev–Trinajstić information content (AvgIpc) is 2.65. The van der Waals surface area contributed by atoms with Crippen LogP contribution in [0.3, 0.4) is 0 Å². The molecule has 1 atom stereocenters. The van der Waals surface area contributed by atoms with Crippen LogP contribution in [0.1, 0.15) is 12.5 Å². The molecule has 0 bridgehead atoms. The van der Waals surface area contributed by atoms with Gasteiger partial charge in [0.1, 0.15) is 0 Å². The molecule has 1 heterocycles. The van der Waals surface area contributed by atoms with Crippen molar-refractivity contribution in [2.45, 2.75) is 19.4 Å². The first-order chi connectivity index (χ1) is 8.22. The lowest BCUT2D eigenvalue weighted by molar-refractivity contribution is 0.673. The van der Waals surface area contributed by atoms with Crippen LogP contribution in [0, 0.1) is 0 Å². The van der Waals surface area contributed by atoms with Crippen molar-refractivity contribution in [1.82, 2.24) is 5.32 Å². The summed E-state index contributed by atoms with van der Waals surface area (Å²) in [5, 5.41) is 3.01. The Bertz CT molecular complexity index is 414. The molecule has 1 aromatic carbocycles. The number of nitrogens with zero attached hydrogens (tertiary/aromatic N) is 2. The lowest BCUT2D eigenvalue weighted by Crippen LogP contribution is -2.35. The molecule has 0 spiro atoms. The van der Waals surface area contributed by atoms with Crippen LogP contribution in [0.5, 0.6) is 0 Å². The molecule has 0 fully saturated rings. The van der Waals surface area contributed by atoms with Crippen molar-refractivity contribution in [1.29, 1.82) is 0 Å². The Kier molecular flexibility index (Phi) is 3.52. The molecule has 0 amide bonds. The normalized spacial score (nSPS) is 19.3. The molecular formula is C13H20N4. The molecule has 4 nitrogen and oxygen atoms in total. The third-order valence-electron chi connectivity index (χ3n) is 3.21. The van der Waals surface area contributed by atoms with Crippen LogP contribution in [0.15, 0.2) is 29.3 Å². The van der Waals surface area contributed by atoms with Crippen molar-refractivity contribution in [2.75, 3.05) is 25.0 Å². The zero-order valence-corrected chi connectivity index (χ0v) is 10.5. The number of rotatable bonds is 3. The van der Waals surface area contributed by atoms with E-state index in [1.807, 2.05) is 6.92 Å². The van der Waals surface area contributed by atoms with Crippen molar-refractivity contribution in [3.63, 3.8) is 0 Å². The van der Waals surface area contributed by atoms with E-state index in [-0.39, 0.29) is 0 Å². The summed E-state index contributed by atoms with van der Waals surface area (Å²) in [6.45, 7) is 3.57. The summed E-state index contributed by atoms with van der Waals surface area (Å²) in [5.74, 6) is 0.539. The smallest absolute Gasteiger partial charge is 0.188 e. The number of benzene rings is 1. The van der Waals surface area contributed by atoms with Crippen molar-refractivity contribution >= 4 is 11.6 Å². The third-order valence-corrected chi connectivity index (χ3v) is 3.21. The predicted octanol–water partition coefficient (Wildman–Crippen LogP) is 0.972. The number of fused-ring (bicyclic) bond motifs is 1. The van der Waals surface area contributed by atoms with Crippen LogP contribution >= 0.6 is 0 Å². The van der Waals surface area contributed by atoms with Gasteiger partial charge in [-0.25, -0.2) is 0 Å². The molecule has 92 valence electrons. The zero-order valence-electron chi connectivity index (χ0n) is 10.5. The number of para-hydroxylation sites is 1. The summed E-state index contributed by atoms with van der Waals surface area (Å²) in [4.78, 5) is 6.66. The highest BCUT2D eigenvalue weighted by atomic mass is 15.2. The van der Waals surface area contributed by atoms with Gasteiger partial charge in [0.2, 0.25) is 0 Å². The molecule has 0 radical (unpaired) electrons. The lowest BCUT2D eigenvalue weighted by atomic mass is 10.1. The van der Waals surface area contributed by atoms with Gasteiger partial charge in [-0.15, -0.1) is 0 Å². The number of nitrogens with one attached hydrogen (secondary N) is 1. The molecular weight excluding hydrogens is 212 g/mol. The molecule has 17 heavy (non-hydrogen) atoms. The number of guanidine groups is 1. The Morgan fingerprint density at radius 2 is 2.29 bits per heavy atom. The van der Waals surface area contributed by atoms with E-state index in [0.717, 1.165) is 19.5 Å². The number of anilines is 1. The van der Waals surface area contributed by atoms with E-state index in [0.29, 0.717) is 12.0 Å². The van der Waals surface area contributed by atoms with Gasteiger partial charge in [0.25, 0.3) is 0 Å². The molecule has 0 saturated heterocycles. The molecule has 0 saturated carbocycles. The number of hydrogen-bond acceptors (Lipinski definition) is 2. The Balaban J connectivity index is 2.01. The van der Waals surface area contributed by atoms with E-state index < -0.39 is 0 Å². The highest BCUT2D eigenvalue weighted by Crippen LogP contribution is 2.30. The summed E-state index contributed by atoms with van der Waals surface area (Å²) >= 11 is 0. The summed E-state index contributed by atoms with van der Waals surface area (Å²) < 4.78 is 0. The quantitative estimate of drug-likeness (QED) is 0.603. The van der Waals surface area contributed by atoms with E-state index in [4.69, 9.17) is 5.73 Å². The fourth-order valence-electron chi connectivity index (χ4n) is 2.24. The fraction of sp³-hybridized carbons (Fsp3) is 0.462. The van der Waals surface area contributed by atoms with E-state index in [9.17, 15) is 0 Å². The molecule has 2 rings (SSSR count). The zero-order chi connectivity index (χ0) is 12.3. The van der Waals surface area contributed by atoms with Gasteiger partial charge in [-0.3, -0.25) is 4.99 Å². The SMILES string of the molecule is CCNC(N)=NCC1Cc2ccccc2N1C. The van der Waals surface area contributed by atoms with Gasteiger partial charge >= 0.3 is 0 Å². The Hall–Kier alpha value is -1.71. The molecule has 1 aliphatic heterocycles. The van der Waals surface area contributed by atoms with Crippen LogP contribution in [-0.2, 0) is 6.42 Å². The van der Waals surface area contributed by atoms with E-state index in [2.05, 4.69) is 46.5 Å². The van der Waals surface area contributed by atoms with Crippen LogP contribution in [0.25, 0.3) is 0 Å². The van der Waals surface area contributed by atoms with Crippen LogP contribution < -0.4 is 16.0 Å². The number of nitrogens with two attached hydrogens (primary N) is 1. The second kappa shape index (κ2) is 5.08. The third kappa shape index (κ3) is 2.52. The van der Waals surface area contributed by atoms with Gasteiger partial charge in [-0.1, -0.05) is 18.2 Å². The van der Waals surface area contributed by atoms with Gasteiger partial charge < -0.3 is 16.0 Å². The van der Waals surface area contributed by atoms with Crippen LogP contribution in [0.4, 0.5) is 5.69 Å². The Labute approximate surface area is 103 Å². The molecule has 1 unspecified atom stereocenters. The highest BCUT2D eigenvalue weighted by molar-refractivity contribution is 5.77. The molecule has 1 aliphatic rings. The minimum atomic E-state index is 0.421. The Morgan fingerprint density at radius 3 is 3.00 bits per heavy atom. The van der Waals surface area contributed by atoms with Crippen LogP contribution in [0.2, 0.25) is 0 Å². The van der Waals surface area contributed by atoms with Gasteiger partial charge in [0.05, 0.1) is 12.6 Å². The Morgan fingerprint density at radius 1 is 1.53 bits per heavy atom. The molecule has 0 aromatic heterocycles. The second-order valence-corrected chi connectivity index (χ2v) is 4.35. The van der Waals surface area contributed by atoms with E-state index >= 15 is 0 Å². The molecule has 1 aromatic rings. The molecule has 3 N–H and O–H groups in total. The maximum absolute atomic E-state index is 5.73. The van der Waals surface area contributed by atoms with Gasteiger partial charge in [0, 0.05) is 19.3 Å². The van der Waals surface area contributed by atoms with Gasteiger partial charge in [0.15, 0.2) is 5.96 Å². The van der Waals surface area contributed by atoms with Gasteiger partial charge in [-0.05, 0) is 25.0 Å². The molecule has 0 aliphatic carbocycles. The second-order valence-electron chi connectivity index (χ2n) is 4.35. The number of hydrogen-bond donors (Lipinski definition) is 2. The van der Waals surface area contributed by atoms with Crippen LogP contribution in [-0.4, -0.2) is 32.1 Å². The summed E-state index contributed by atoms with van der Waals surface area (Å²) in [5.41, 5.74) is 8.45. The number of aliphatic imine (C=N–C) groups is 1. The van der Waals surface area contributed by atoms with Gasteiger partial charge in [-0.2, -0.15) is 0 Å². The average molecular weight is 232 g/mol. The molecule has 4 heteroatoms. The maximum Gasteiger partial charge on any atom is 0.188 e. The summed E-state index contributed by atoms with van der Waals surface area (Å²) in [7, 11) is 2.12. The maximum atomic E-state index is 5.73. The first-order valence-corrected chi connectivity index (χ1v) is 6.07. The van der Waals surface area contributed by atoms with Crippen molar-refractivity contribution < 1.29 is 0 Å². The van der Waals surface area contributed by atoms with Crippen molar-refractivity contribution in [3.8, 4) is 0 Å². The van der Waals surface area contributed by atoms with E-state index in [1.165, 1.54) is 11.3 Å². The summed E-state index contributed by atoms with van der Waals surface area (Å²) in [6, 6.07) is 8.93. The minimum absolute atomic E-state index is 0.421.